The van der Waals surface area contributed by atoms with Crippen LogP contribution in [0.25, 0.3) is 0 Å². The van der Waals surface area contributed by atoms with Gasteiger partial charge in [-0.05, 0) is 81.8 Å². The van der Waals surface area contributed by atoms with Crippen molar-refractivity contribution in [2.75, 3.05) is 54.4 Å². The van der Waals surface area contributed by atoms with Crippen molar-refractivity contribution in [1.29, 1.82) is 0 Å². The summed E-state index contributed by atoms with van der Waals surface area (Å²) in [6, 6.07) is 14.8. The number of alkyl halides is 3. The number of amides is 2. The average Bonchev–Trinajstić information content (AvgIpc) is 3.66. The molecule has 0 spiro atoms. The third-order valence-corrected chi connectivity index (χ3v) is 10.8. The molecule has 3 fully saturated rings. The zero-order valence-electron chi connectivity index (χ0n) is 27.1. The summed E-state index contributed by atoms with van der Waals surface area (Å²) < 4.78 is 73.3. The molecular formula is C33H36ClF3N6O5S. The lowest BCUT2D eigenvalue weighted by Gasteiger charge is -2.36. The largest absolute Gasteiger partial charge is 0.444 e. The highest BCUT2D eigenvalue weighted by Crippen LogP contribution is 2.36. The molecule has 16 heteroatoms. The second-order valence-electron chi connectivity index (χ2n) is 13.3. The van der Waals surface area contributed by atoms with Crippen LogP contribution < -0.4 is 15.1 Å². The fraction of sp³-hybridized carbons (Fsp3) is 0.424. The van der Waals surface area contributed by atoms with Crippen LogP contribution in [-0.2, 0) is 20.9 Å². The molecule has 2 atom stereocenters. The van der Waals surface area contributed by atoms with Crippen LogP contribution in [0.2, 0.25) is 5.15 Å². The zero-order valence-corrected chi connectivity index (χ0v) is 28.6. The lowest BCUT2D eigenvalue weighted by Crippen LogP contribution is -2.50. The highest BCUT2D eigenvalue weighted by Gasteiger charge is 2.46. The zero-order chi connectivity index (χ0) is 35.3. The predicted octanol–water partition coefficient (Wildman–Crippen LogP) is 5.72. The Kier molecular flexibility index (Phi) is 9.22. The standard InChI is InChI=1S/C33H36ClF3N6O5S/c1-32(2,3)48-31(45)43-20-25-18-26(43)19-42(25)24-6-4-5-21(15-24)30(44)38-23-7-9-27(10-8-23)49(46,47)41-13-11-40(12-14-41)29-17-22(33(35,36)37)16-28(34)39-29/h4-10,15-17,25-26H,11-14,18-20H2,1-3H3,(H,38,44). The number of piperazine rings is 2. The number of pyridine rings is 1. The van der Waals surface area contributed by atoms with Gasteiger partial charge in [-0.3, -0.25) is 4.79 Å². The monoisotopic (exact) mass is 720 g/mol. The maximum atomic E-state index is 13.4. The molecule has 11 nitrogen and oxygen atoms in total. The minimum atomic E-state index is -4.59. The first kappa shape index (κ1) is 34.8. The van der Waals surface area contributed by atoms with Crippen molar-refractivity contribution in [3.63, 3.8) is 0 Å². The number of carbonyl (C=O) groups excluding carboxylic acids is 2. The average molecular weight is 721 g/mol. The molecule has 2 aromatic carbocycles. The summed E-state index contributed by atoms with van der Waals surface area (Å²) in [7, 11) is -3.91. The third kappa shape index (κ3) is 7.58. The molecule has 2 unspecified atom stereocenters. The van der Waals surface area contributed by atoms with E-state index in [0.29, 0.717) is 24.3 Å². The van der Waals surface area contributed by atoms with Gasteiger partial charge in [-0.2, -0.15) is 17.5 Å². The van der Waals surface area contributed by atoms with Crippen molar-refractivity contribution < 1.29 is 35.9 Å². The van der Waals surface area contributed by atoms with Gasteiger partial charge in [-0.15, -0.1) is 0 Å². The molecule has 1 N–H and O–H groups in total. The molecule has 0 aliphatic carbocycles. The molecule has 1 aromatic heterocycles. The number of hydrogen-bond donors (Lipinski definition) is 1. The molecule has 262 valence electrons. The van der Waals surface area contributed by atoms with Crippen LogP contribution in [0.3, 0.4) is 0 Å². The van der Waals surface area contributed by atoms with Crippen LogP contribution in [0.1, 0.15) is 43.1 Å². The third-order valence-electron chi connectivity index (χ3n) is 8.73. The van der Waals surface area contributed by atoms with E-state index >= 15 is 0 Å². The van der Waals surface area contributed by atoms with Gasteiger partial charge in [0.1, 0.15) is 16.6 Å². The van der Waals surface area contributed by atoms with Gasteiger partial charge < -0.3 is 24.8 Å². The van der Waals surface area contributed by atoms with Gasteiger partial charge in [0.25, 0.3) is 5.91 Å². The number of aromatic nitrogens is 1. The highest BCUT2D eigenvalue weighted by molar-refractivity contribution is 7.89. The van der Waals surface area contributed by atoms with Crippen molar-refractivity contribution in [3.05, 3.63) is 76.9 Å². The maximum Gasteiger partial charge on any atom is 0.416 e. The van der Waals surface area contributed by atoms with Gasteiger partial charge in [0.15, 0.2) is 0 Å². The van der Waals surface area contributed by atoms with E-state index in [0.717, 1.165) is 24.2 Å². The normalized spacial score (nSPS) is 20.1. The van der Waals surface area contributed by atoms with E-state index in [9.17, 15) is 31.2 Å². The summed E-state index contributed by atoms with van der Waals surface area (Å²) in [5, 5.41) is 2.52. The highest BCUT2D eigenvalue weighted by atomic mass is 35.5. The van der Waals surface area contributed by atoms with E-state index in [-0.39, 0.29) is 66.1 Å². The summed E-state index contributed by atoms with van der Waals surface area (Å²) in [4.78, 5) is 35.4. The van der Waals surface area contributed by atoms with E-state index in [1.54, 1.807) is 28.0 Å². The SMILES string of the molecule is CC(C)(C)OC(=O)N1CC2CC1CN2c1cccc(C(=O)Nc2ccc(S(=O)(=O)N3CCN(c4cc(C(F)(F)F)cc(Cl)n4)CC3)cc2)c1. The topological polar surface area (TPSA) is 115 Å². The van der Waals surface area contributed by atoms with Gasteiger partial charge in [-0.1, -0.05) is 17.7 Å². The summed E-state index contributed by atoms with van der Waals surface area (Å²) in [6.07, 6.45) is -4.08. The molecule has 4 heterocycles. The number of sulfonamides is 1. The first-order valence-corrected chi connectivity index (χ1v) is 17.6. The van der Waals surface area contributed by atoms with Crippen molar-refractivity contribution in [3.8, 4) is 0 Å². The number of carbonyl (C=O) groups is 2. The Labute approximate surface area is 287 Å². The Bertz CT molecular complexity index is 1850. The quantitative estimate of drug-likeness (QED) is 0.322. The Hall–Kier alpha value is -4.08. The van der Waals surface area contributed by atoms with Crippen LogP contribution in [0, 0.1) is 0 Å². The van der Waals surface area contributed by atoms with Crippen molar-refractivity contribution in [2.45, 2.75) is 55.9 Å². The fourth-order valence-electron chi connectivity index (χ4n) is 6.38. The number of fused-ring (bicyclic) bond motifs is 2. The number of ether oxygens (including phenoxy) is 1. The lowest BCUT2D eigenvalue weighted by molar-refractivity contribution is -0.137. The first-order valence-electron chi connectivity index (χ1n) is 15.8. The van der Waals surface area contributed by atoms with Crippen LogP contribution in [-0.4, -0.2) is 91.6 Å². The van der Waals surface area contributed by atoms with E-state index in [4.69, 9.17) is 16.3 Å². The number of halogens is 4. The van der Waals surface area contributed by atoms with Crippen molar-refractivity contribution in [1.82, 2.24) is 14.2 Å². The Morgan fingerprint density at radius 2 is 1.63 bits per heavy atom. The van der Waals surface area contributed by atoms with Crippen molar-refractivity contribution >= 4 is 50.8 Å². The Morgan fingerprint density at radius 1 is 0.939 bits per heavy atom. The fourth-order valence-corrected chi connectivity index (χ4v) is 8.01. The first-order chi connectivity index (χ1) is 23.0. The lowest BCUT2D eigenvalue weighted by atomic mass is 10.1. The number of benzene rings is 2. The van der Waals surface area contributed by atoms with Crippen LogP contribution in [0.4, 0.5) is 35.2 Å². The maximum absolute atomic E-state index is 13.4. The van der Waals surface area contributed by atoms with Crippen molar-refractivity contribution in [2.24, 2.45) is 0 Å². The van der Waals surface area contributed by atoms with Gasteiger partial charge in [-0.25, -0.2) is 18.2 Å². The minimum absolute atomic E-state index is 0.0192. The second-order valence-corrected chi connectivity index (χ2v) is 15.6. The number of nitrogens with zero attached hydrogens (tertiary/aromatic N) is 5. The second kappa shape index (κ2) is 13.0. The van der Waals surface area contributed by atoms with Gasteiger partial charge >= 0.3 is 12.3 Å². The predicted molar refractivity (Wildman–Crippen MR) is 179 cm³/mol. The summed E-state index contributed by atoms with van der Waals surface area (Å²) >= 11 is 5.82. The molecule has 3 aliphatic heterocycles. The number of nitrogens with one attached hydrogen (secondary N) is 1. The molecule has 3 aromatic rings. The van der Waals surface area contributed by atoms with E-state index in [1.165, 1.54) is 28.6 Å². The number of rotatable bonds is 6. The molecule has 2 amide bonds. The summed E-state index contributed by atoms with van der Waals surface area (Å²) in [6.45, 7) is 7.01. The molecule has 3 saturated heterocycles. The number of hydrogen-bond acceptors (Lipinski definition) is 8. The summed E-state index contributed by atoms with van der Waals surface area (Å²) in [5.74, 6) is -0.336. The molecule has 49 heavy (non-hydrogen) atoms. The van der Waals surface area contributed by atoms with Crippen LogP contribution in [0.15, 0.2) is 65.6 Å². The molecule has 0 radical (unpaired) electrons. The minimum Gasteiger partial charge on any atom is -0.444 e. The van der Waals surface area contributed by atoms with Gasteiger partial charge in [0.2, 0.25) is 10.0 Å². The molecular weight excluding hydrogens is 685 g/mol. The smallest absolute Gasteiger partial charge is 0.416 e. The van der Waals surface area contributed by atoms with Crippen LogP contribution in [0.5, 0.6) is 0 Å². The number of likely N-dealkylation sites (tertiary alicyclic amines) is 1. The molecule has 2 bridgehead atoms. The van der Waals surface area contributed by atoms with Gasteiger partial charge in [0.05, 0.1) is 16.5 Å². The molecule has 6 rings (SSSR count). The number of anilines is 3. The van der Waals surface area contributed by atoms with Crippen LogP contribution >= 0.6 is 11.6 Å². The molecule has 3 aliphatic rings. The molecule has 0 saturated carbocycles. The van der Waals surface area contributed by atoms with E-state index in [1.807, 2.05) is 26.8 Å². The Balaban J connectivity index is 1.05. The Morgan fingerprint density at radius 3 is 2.24 bits per heavy atom. The van der Waals surface area contributed by atoms with E-state index < -0.39 is 27.4 Å². The summed E-state index contributed by atoms with van der Waals surface area (Å²) in [5.41, 5.74) is 0.205. The van der Waals surface area contributed by atoms with Gasteiger partial charge in [0, 0.05) is 62.2 Å². The van der Waals surface area contributed by atoms with E-state index in [2.05, 4.69) is 15.2 Å².